The van der Waals surface area contributed by atoms with Crippen molar-refractivity contribution in [2.75, 3.05) is 6.61 Å². The molecular formula is C13H25NO4. The average Bonchev–Trinajstić information content (AvgIpc) is 2.23. The molecule has 106 valence electrons. The molecule has 0 aliphatic heterocycles. The molecular weight excluding hydrogens is 234 g/mol. The minimum Gasteiger partial charge on any atom is -0.464 e. The van der Waals surface area contributed by atoms with Crippen LogP contribution in [0.5, 0.6) is 0 Å². The number of carbonyl (C=O) groups is 2. The highest BCUT2D eigenvalue weighted by Gasteiger charge is 2.24. The molecule has 5 heteroatoms. The molecule has 0 radical (unpaired) electrons. The molecule has 18 heavy (non-hydrogen) atoms. The van der Waals surface area contributed by atoms with Gasteiger partial charge in [0.15, 0.2) is 0 Å². The first-order valence-electron chi connectivity index (χ1n) is 6.39. The van der Waals surface area contributed by atoms with Crippen molar-refractivity contribution in [2.24, 2.45) is 11.8 Å². The Bertz CT molecular complexity index is 274. The summed E-state index contributed by atoms with van der Waals surface area (Å²) in [5.41, 5.74) is 0. The lowest BCUT2D eigenvalue weighted by Gasteiger charge is -2.20. The summed E-state index contributed by atoms with van der Waals surface area (Å²) in [6.45, 7) is 9.49. The average molecular weight is 259 g/mol. The standard InChI is InChI=1S/C13H25NO4/c1-8(2)6-11(14-12(16)10(5)15)13(17)18-7-9(3)4/h8-11,15H,6-7H2,1-5H3,(H,14,16). The number of hydrogen-bond donors (Lipinski definition) is 2. The Morgan fingerprint density at radius 3 is 2.06 bits per heavy atom. The largest absolute Gasteiger partial charge is 0.464 e. The zero-order chi connectivity index (χ0) is 14.3. The summed E-state index contributed by atoms with van der Waals surface area (Å²) in [6, 6.07) is -0.689. The third-order valence-corrected chi connectivity index (χ3v) is 2.25. The Morgan fingerprint density at radius 1 is 1.11 bits per heavy atom. The first kappa shape index (κ1) is 16.9. The van der Waals surface area contributed by atoms with E-state index in [0.29, 0.717) is 13.0 Å². The fourth-order valence-corrected chi connectivity index (χ4v) is 1.33. The van der Waals surface area contributed by atoms with Crippen molar-refractivity contribution in [3.63, 3.8) is 0 Å². The molecule has 0 aromatic rings. The van der Waals surface area contributed by atoms with Crippen molar-refractivity contribution in [1.29, 1.82) is 0 Å². The van der Waals surface area contributed by atoms with E-state index < -0.39 is 24.0 Å². The fraction of sp³-hybridized carbons (Fsp3) is 0.846. The van der Waals surface area contributed by atoms with Crippen molar-refractivity contribution in [1.82, 2.24) is 5.32 Å². The summed E-state index contributed by atoms with van der Waals surface area (Å²) < 4.78 is 5.11. The molecule has 0 aromatic heterocycles. The van der Waals surface area contributed by atoms with Crippen molar-refractivity contribution in [2.45, 2.75) is 53.2 Å². The maximum atomic E-state index is 11.8. The predicted octanol–water partition coefficient (Wildman–Crippen LogP) is 1.10. The third-order valence-electron chi connectivity index (χ3n) is 2.25. The van der Waals surface area contributed by atoms with Gasteiger partial charge in [0, 0.05) is 0 Å². The first-order chi connectivity index (χ1) is 8.23. The van der Waals surface area contributed by atoms with E-state index in [-0.39, 0.29) is 11.8 Å². The second-order valence-electron chi connectivity index (χ2n) is 5.39. The van der Waals surface area contributed by atoms with E-state index in [1.165, 1.54) is 6.92 Å². The quantitative estimate of drug-likeness (QED) is 0.671. The van der Waals surface area contributed by atoms with Crippen LogP contribution < -0.4 is 5.32 Å². The van der Waals surface area contributed by atoms with Crippen molar-refractivity contribution >= 4 is 11.9 Å². The number of ether oxygens (including phenoxy) is 1. The van der Waals surface area contributed by atoms with Gasteiger partial charge in [0.25, 0.3) is 0 Å². The molecule has 0 aromatic carbocycles. The van der Waals surface area contributed by atoms with Gasteiger partial charge in [-0.3, -0.25) is 4.79 Å². The Kier molecular flexibility index (Phi) is 7.59. The predicted molar refractivity (Wildman–Crippen MR) is 68.9 cm³/mol. The summed E-state index contributed by atoms with van der Waals surface area (Å²) >= 11 is 0. The molecule has 0 aliphatic carbocycles. The molecule has 5 nitrogen and oxygen atoms in total. The zero-order valence-corrected chi connectivity index (χ0v) is 11.9. The van der Waals surface area contributed by atoms with Crippen molar-refractivity contribution < 1.29 is 19.4 Å². The molecule has 0 fully saturated rings. The van der Waals surface area contributed by atoms with Crippen LogP contribution in [0.3, 0.4) is 0 Å². The van der Waals surface area contributed by atoms with Gasteiger partial charge in [0.2, 0.25) is 5.91 Å². The number of aliphatic hydroxyl groups excluding tert-OH is 1. The molecule has 0 bridgehead atoms. The van der Waals surface area contributed by atoms with Gasteiger partial charge in [0.05, 0.1) is 6.61 Å². The molecule has 0 saturated carbocycles. The first-order valence-corrected chi connectivity index (χ1v) is 6.39. The van der Waals surface area contributed by atoms with Crippen LogP contribution in [-0.4, -0.2) is 35.7 Å². The van der Waals surface area contributed by atoms with Gasteiger partial charge in [-0.15, -0.1) is 0 Å². The Labute approximate surface area is 109 Å². The van der Waals surface area contributed by atoms with Crippen LogP contribution in [-0.2, 0) is 14.3 Å². The number of carbonyl (C=O) groups excluding carboxylic acids is 2. The Balaban J connectivity index is 4.47. The third kappa shape index (κ3) is 7.27. The molecule has 0 saturated heterocycles. The van der Waals surface area contributed by atoms with E-state index in [9.17, 15) is 9.59 Å². The molecule has 2 N–H and O–H groups in total. The van der Waals surface area contributed by atoms with Crippen LogP contribution in [0.2, 0.25) is 0 Å². The smallest absolute Gasteiger partial charge is 0.328 e. The molecule has 1 amide bonds. The summed E-state index contributed by atoms with van der Waals surface area (Å²) in [5, 5.41) is 11.6. The SMILES string of the molecule is CC(C)COC(=O)C(CC(C)C)NC(=O)C(C)O. The summed E-state index contributed by atoms with van der Waals surface area (Å²) in [5.74, 6) is -0.495. The Hall–Kier alpha value is -1.10. The van der Waals surface area contributed by atoms with Gasteiger partial charge >= 0.3 is 5.97 Å². The number of esters is 1. The van der Waals surface area contributed by atoms with E-state index in [1.807, 2.05) is 27.7 Å². The molecule has 0 aliphatic rings. The van der Waals surface area contributed by atoms with Gasteiger partial charge in [-0.25, -0.2) is 4.79 Å². The molecule has 2 unspecified atom stereocenters. The lowest BCUT2D eigenvalue weighted by molar-refractivity contribution is -0.150. The van der Waals surface area contributed by atoms with Crippen LogP contribution in [0.15, 0.2) is 0 Å². The maximum absolute atomic E-state index is 11.8. The highest BCUT2D eigenvalue weighted by molar-refractivity contribution is 5.86. The second-order valence-corrected chi connectivity index (χ2v) is 5.39. The van der Waals surface area contributed by atoms with Crippen molar-refractivity contribution in [3.8, 4) is 0 Å². The maximum Gasteiger partial charge on any atom is 0.328 e. The van der Waals surface area contributed by atoms with Crippen LogP contribution >= 0.6 is 0 Å². The highest BCUT2D eigenvalue weighted by Crippen LogP contribution is 2.08. The van der Waals surface area contributed by atoms with E-state index in [0.717, 1.165) is 0 Å². The number of amides is 1. The lowest BCUT2D eigenvalue weighted by Crippen LogP contribution is -2.46. The lowest BCUT2D eigenvalue weighted by atomic mass is 10.0. The van der Waals surface area contributed by atoms with Crippen LogP contribution in [0.25, 0.3) is 0 Å². The normalized spacial score (nSPS) is 14.4. The summed E-state index contributed by atoms with van der Waals surface area (Å²) in [7, 11) is 0. The second kappa shape index (κ2) is 8.08. The Morgan fingerprint density at radius 2 is 1.67 bits per heavy atom. The molecule has 2 atom stereocenters. The van der Waals surface area contributed by atoms with E-state index in [4.69, 9.17) is 9.84 Å². The number of nitrogens with one attached hydrogen (secondary N) is 1. The van der Waals surface area contributed by atoms with E-state index in [1.54, 1.807) is 0 Å². The number of rotatable bonds is 7. The number of aliphatic hydroxyl groups is 1. The van der Waals surface area contributed by atoms with Crippen LogP contribution in [0.1, 0.15) is 41.0 Å². The summed E-state index contributed by atoms with van der Waals surface area (Å²) in [4.78, 5) is 23.2. The van der Waals surface area contributed by atoms with Gasteiger partial charge < -0.3 is 15.2 Å². The van der Waals surface area contributed by atoms with Gasteiger partial charge in [0.1, 0.15) is 12.1 Å². The molecule has 0 rings (SSSR count). The summed E-state index contributed by atoms with van der Waals surface area (Å²) in [6.07, 6.45) is -0.632. The van der Waals surface area contributed by atoms with E-state index in [2.05, 4.69) is 5.32 Å². The van der Waals surface area contributed by atoms with E-state index >= 15 is 0 Å². The van der Waals surface area contributed by atoms with Crippen LogP contribution in [0, 0.1) is 11.8 Å². The molecule has 0 heterocycles. The monoisotopic (exact) mass is 259 g/mol. The minimum absolute atomic E-state index is 0.246. The van der Waals surface area contributed by atoms with Gasteiger partial charge in [-0.1, -0.05) is 27.7 Å². The van der Waals surface area contributed by atoms with Gasteiger partial charge in [-0.2, -0.15) is 0 Å². The molecule has 0 spiro atoms. The van der Waals surface area contributed by atoms with Crippen molar-refractivity contribution in [3.05, 3.63) is 0 Å². The fourth-order valence-electron chi connectivity index (χ4n) is 1.33. The van der Waals surface area contributed by atoms with Crippen LogP contribution in [0.4, 0.5) is 0 Å². The topological polar surface area (TPSA) is 75.6 Å². The zero-order valence-electron chi connectivity index (χ0n) is 11.9. The minimum atomic E-state index is -1.13. The highest BCUT2D eigenvalue weighted by atomic mass is 16.5. The number of hydrogen-bond acceptors (Lipinski definition) is 4. The van der Waals surface area contributed by atoms with Gasteiger partial charge in [-0.05, 0) is 25.2 Å².